The van der Waals surface area contributed by atoms with E-state index < -0.39 is 0 Å². The molecule has 0 spiro atoms. The summed E-state index contributed by atoms with van der Waals surface area (Å²) in [6.45, 7) is 3.81. The van der Waals surface area contributed by atoms with E-state index in [1.807, 2.05) is 24.5 Å². The van der Waals surface area contributed by atoms with Crippen molar-refractivity contribution in [3.63, 3.8) is 0 Å². The van der Waals surface area contributed by atoms with Crippen molar-refractivity contribution in [3.8, 4) is 22.5 Å². The molecule has 28 heavy (non-hydrogen) atoms. The molecule has 148 valence electrons. The number of hydrogen-bond acceptors (Lipinski definition) is 4. The molecule has 1 aromatic heterocycles. The number of aliphatic hydroxyl groups is 1. The summed E-state index contributed by atoms with van der Waals surface area (Å²) >= 11 is 0. The molecular formula is C23H29N3O2. The van der Waals surface area contributed by atoms with Gasteiger partial charge in [-0.1, -0.05) is 48.5 Å². The number of aliphatic hydroxyl groups excluding tert-OH is 1. The third-order valence-electron chi connectivity index (χ3n) is 5.01. The average Bonchev–Trinajstić information content (AvgIpc) is 3.15. The van der Waals surface area contributed by atoms with Crippen LogP contribution in [0.25, 0.3) is 22.5 Å². The Labute approximate surface area is 167 Å². The molecule has 1 N–H and O–H groups in total. The summed E-state index contributed by atoms with van der Waals surface area (Å²) in [5, 5.41) is 8.93. The molecule has 0 amide bonds. The van der Waals surface area contributed by atoms with Gasteiger partial charge in [0.05, 0.1) is 37.5 Å². The van der Waals surface area contributed by atoms with Crippen molar-refractivity contribution in [2.45, 2.75) is 19.5 Å². The van der Waals surface area contributed by atoms with E-state index in [1.165, 1.54) is 5.56 Å². The predicted molar refractivity (Wildman–Crippen MR) is 113 cm³/mol. The Bertz CT molecular complexity index is 875. The molecule has 2 aromatic carbocycles. The Hall–Kier alpha value is -2.47. The highest BCUT2D eigenvalue weighted by Gasteiger charge is 2.16. The molecule has 0 bridgehead atoms. The fraction of sp³-hybridized carbons (Fsp3) is 0.348. The van der Waals surface area contributed by atoms with Crippen LogP contribution in [0, 0.1) is 0 Å². The van der Waals surface area contributed by atoms with Crippen molar-refractivity contribution >= 4 is 0 Å². The topological polar surface area (TPSA) is 50.5 Å². The monoisotopic (exact) mass is 379 g/mol. The van der Waals surface area contributed by atoms with Gasteiger partial charge in [0, 0.05) is 23.7 Å². The van der Waals surface area contributed by atoms with Gasteiger partial charge < -0.3 is 19.3 Å². The van der Waals surface area contributed by atoms with Crippen LogP contribution in [0.3, 0.4) is 0 Å². The van der Waals surface area contributed by atoms with Gasteiger partial charge in [-0.3, -0.25) is 0 Å². The molecule has 0 saturated carbocycles. The molecule has 5 heteroatoms. The van der Waals surface area contributed by atoms with Gasteiger partial charge in [-0.15, -0.1) is 0 Å². The first kappa shape index (κ1) is 20.3. The lowest BCUT2D eigenvalue weighted by Crippen LogP contribution is -2.16. The van der Waals surface area contributed by atoms with E-state index >= 15 is 0 Å². The van der Waals surface area contributed by atoms with Gasteiger partial charge in [0.1, 0.15) is 0 Å². The maximum absolute atomic E-state index is 8.93. The number of ether oxygens (including phenoxy) is 1. The Morgan fingerprint density at radius 3 is 2.50 bits per heavy atom. The molecule has 5 nitrogen and oxygen atoms in total. The van der Waals surface area contributed by atoms with E-state index in [0.29, 0.717) is 25.8 Å². The van der Waals surface area contributed by atoms with Crippen molar-refractivity contribution in [2.75, 3.05) is 33.9 Å². The van der Waals surface area contributed by atoms with Gasteiger partial charge in [0.2, 0.25) is 0 Å². The molecule has 1 heterocycles. The minimum absolute atomic E-state index is 0.0382. The van der Waals surface area contributed by atoms with Crippen molar-refractivity contribution in [3.05, 3.63) is 66.5 Å². The van der Waals surface area contributed by atoms with Gasteiger partial charge in [-0.25, -0.2) is 4.98 Å². The second-order valence-corrected chi connectivity index (χ2v) is 7.10. The van der Waals surface area contributed by atoms with Crippen molar-refractivity contribution in [2.24, 2.45) is 0 Å². The molecule has 0 radical (unpaired) electrons. The lowest BCUT2D eigenvalue weighted by Gasteiger charge is -2.21. The first-order valence-corrected chi connectivity index (χ1v) is 9.67. The molecule has 0 aliphatic heterocycles. The molecule has 0 fully saturated rings. The Morgan fingerprint density at radius 1 is 1.04 bits per heavy atom. The highest BCUT2D eigenvalue weighted by Crippen LogP contribution is 2.33. The summed E-state index contributed by atoms with van der Waals surface area (Å²) in [5.41, 5.74) is 5.57. The van der Waals surface area contributed by atoms with Crippen LogP contribution in [-0.4, -0.2) is 53.5 Å². The van der Waals surface area contributed by atoms with Crippen LogP contribution in [0.2, 0.25) is 0 Å². The van der Waals surface area contributed by atoms with Gasteiger partial charge in [0.25, 0.3) is 0 Å². The number of imidazole rings is 1. The zero-order chi connectivity index (χ0) is 19.9. The molecule has 1 atom stereocenters. The van der Waals surface area contributed by atoms with Gasteiger partial charge >= 0.3 is 0 Å². The molecular weight excluding hydrogens is 350 g/mol. The number of hydrogen-bond donors (Lipinski definition) is 1. The van der Waals surface area contributed by atoms with Crippen LogP contribution in [0.5, 0.6) is 0 Å². The Kier molecular flexibility index (Phi) is 6.98. The van der Waals surface area contributed by atoms with E-state index in [4.69, 9.17) is 14.8 Å². The quantitative estimate of drug-likeness (QED) is 0.574. The Balaban J connectivity index is 2.02. The number of rotatable bonds is 9. The fourth-order valence-corrected chi connectivity index (χ4v) is 3.24. The normalized spacial score (nSPS) is 12.5. The summed E-state index contributed by atoms with van der Waals surface area (Å²) in [6.07, 6.45) is 1.88. The lowest BCUT2D eigenvalue weighted by molar-refractivity contribution is 0.0872. The van der Waals surface area contributed by atoms with E-state index in [9.17, 15) is 0 Å². The molecule has 0 saturated heterocycles. The largest absolute Gasteiger partial charge is 0.394 e. The maximum atomic E-state index is 8.93. The minimum Gasteiger partial charge on any atom is -0.394 e. The van der Waals surface area contributed by atoms with Crippen molar-refractivity contribution in [1.82, 2.24) is 14.5 Å². The summed E-state index contributed by atoms with van der Waals surface area (Å²) < 4.78 is 7.62. The van der Waals surface area contributed by atoms with Crippen LogP contribution >= 0.6 is 0 Å². The highest BCUT2D eigenvalue weighted by atomic mass is 16.5. The first-order chi connectivity index (χ1) is 13.6. The predicted octanol–water partition coefficient (Wildman–Crippen LogP) is 3.85. The lowest BCUT2D eigenvalue weighted by atomic mass is 10.00. The van der Waals surface area contributed by atoms with Crippen LogP contribution in [0.4, 0.5) is 0 Å². The zero-order valence-electron chi connectivity index (χ0n) is 16.9. The highest BCUT2D eigenvalue weighted by molar-refractivity contribution is 5.78. The number of nitrogens with zero attached hydrogens (tertiary/aromatic N) is 3. The van der Waals surface area contributed by atoms with Crippen LogP contribution < -0.4 is 0 Å². The summed E-state index contributed by atoms with van der Waals surface area (Å²) in [6, 6.07) is 19.3. The second kappa shape index (κ2) is 9.64. The third kappa shape index (κ3) is 4.68. The summed E-state index contributed by atoms with van der Waals surface area (Å²) in [5.74, 6) is 0. The average molecular weight is 380 g/mol. The zero-order valence-corrected chi connectivity index (χ0v) is 16.9. The Morgan fingerprint density at radius 2 is 1.79 bits per heavy atom. The van der Waals surface area contributed by atoms with Gasteiger partial charge in [0.15, 0.2) is 0 Å². The summed E-state index contributed by atoms with van der Waals surface area (Å²) in [7, 11) is 4.19. The van der Waals surface area contributed by atoms with Crippen molar-refractivity contribution < 1.29 is 9.84 Å². The smallest absolute Gasteiger partial charge is 0.0963 e. The molecule has 0 aliphatic rings. The van der Waals surface area contributed by atoms with E-state index in [2.05, 4.69) is 66.9 Å². The second-order valence-electron chi connectivity index (χ2n) is 7.10. The molecule has 3 aromatic rings. The van der Waals surface area contributed by atoms with Crippen molar-refractivity contribution in [1.29, 1.82) is 0 Å². The van der Waals surface area contributed by atoms with E-state index in [0.717, 1.165) is 22.5 Å². The SMILES string of the molecule is C[C@H](c1cccc(-c2c(-c3ccccc3)ncn2CCOCCO)c1)N(C)C. The molecule has 3 rings (SSSR count). The van der Waals surface area contributed by atoms with Gasteiger partial charge in [-0.2, -0.15) is 0 Å². The van der Waals surface area contributed by atoms with Crippen LogP contribution in [0.1, 0.15) is 18.5 Å². The fourth-order valence-electron chi connectivity index (χ4n) is 3.24. The summed E-state index contributed by atoms with van der Waals surface area (Å²) in [4.78, 5) is 6.92. The third-order valence-corrected chi connectivity index (χ3v) is 5.01. The standard InChI is InChI=1S/C23H29N3O2/c1-18(25(2)3)20-10-7-11-21(16-20)23-22(19-8-5-4-6-9-19)24-17-26(23)12-14-28-15-13-27/h4-11,16-18,27H,12-15H2,1-3H3/t18-/m1/s1. The van der Waals surface area contributed by atoms with E-state index in [-0.39, 0.29) is 6.61 Å². The molecule has 0 aliphatic carbocycles. The maximum Gasteiger partial charge on any atom is 0.0963 e. The minimum atomic E-state index is 0.0382. The van der Waals surface area contributed by atoms with Crippen LogP contribution in [0.15, 0.2) is 60.9 Å². The van der Waals surface area contributed by atoms with Crippen LogP contribution in [-0.2, 0) is 11.3 Å². The van der Waals surface area contributed by atoms with E-state index in [1.54, 1.807) is 0 Å². The number of benzene rings is 2. The molecule has 0 unspecified atom stereocenters. The first-order valence-electron chi connectivity index (χ1n) is 9.67. The number of aromatic nitrogens is 2. The van der Waals surface area contributed by atoms with Gasteiger partial charge in [-0.05, 0) is 32.6 Å².